The van der Waals surface area contributed by atoms with Gasteiger partial charge < -0.3 is 0 Å². The van der Waals surface area contributed by atoms with E-state index in [-0.39, 0.29) is 0 Å². The third kappa shape index (κ3) is 1.75. The SMILES string of the molecule is C[Si](C1=CC=CC1)(C1=CC=CC1)c1ccccc1. The highest BCUT2D eigenvalue weighted by molar-refractivity contribution is 7.02. The molecule has 18 heavy (non-hydrogen) atoms. The molecule has 0 heterocycles. The Labute approximate surface area is 110 Å². The fourth-order valence-electron chi connectivity index (χ4n) is 2.98. The third-order valence-electron chi connectivity index (χ3n) is 4.18. The molecule has 0 fully saturated rings. The first-order chi connectivity index (χ1) is 8.82. The average Bonchev–Trinajstić information content (AvgIpc) is 3.12. The molecule has 0 unspecified atom stereocenters. The van der Waals surface area contributed by atoms with Crippen molar-refractivity contribution in [3.05, 3.63) is 77.2 Å². The molecule has 2 aliphatic carbocycles. The van der Waals surface area contributed by atoms with Gasteiger partial charge >= 0.3 is 0 Å². The molecule has 1 heteroatoms. The maximum atomic E-state index is 2.50. The van der Waals surface area contributed by atoms with Crippen LogP contribution in [0.3, 0.4) is 0 Å². The molecule has 0 bridgehead atoms. The molecule has 0 radical (unpaired) electrons. The Morgan fingerprint density at radius 2 is 1.39 bits per heavy atom. The van der Waals surface area contributed by atoms with Crippen molar-refractivity contribution in [3.63, 3.8) is 0 Å². The molecule has 1 aromatic rings. The van der Waals surface area contributed by atoms with Crippen LogP contribution >= 0.6 is 0 Å². The van der Waals surface area contributed by atoms with Crippen LogP contribution in [0.1, 0.15) is 12.8 Å². The molecule has 0 amide bonds. The van der Waals surface area contributed by atoms with Gasteiger partial charge in [0.1, 0.15) is 8.07 Å². The lowest BCUT2D eigenvalue weighted by atomic mass is 10.4. The molecule has 0 nitrogen and oxygen atoms in total. The molecular weight excluding hydrogens is 232 g/mol. The van der Waals surface area contributed by atoms with E-state index in [9.17, 15) is 0 Å². The molecule has 1 aromatic carbocycles. The van der Waals surface area contributed by atoms with E-state index in [4.69, 9.17) is 0 Å². The highest BCUT2D eigenvalue weighted by Gasteiger charge is 2.37. The van der Waals surface area contributed by atoms with Gasteiger partial charge in [-0.15, -0.1) is 0 Å². The van der Waals surface area contributed by atoms with Gasteiger partial charge in [0.05, 0.1) is 0 Å². The Bertz CT molecular complexity index is 529. The van der Waals surface area contributed by atoms with Crippen molar-refractivity contribution >= 4 is 13.3 Å². The molecule has 0 atom stereocenters. The van der Waals surface area contributed by atoms with Crippen molar-refractivity contribution in [1.82, 2.24) is 0 Å². The molecule has 0 aromatic heterocycles. The fraction of sp³-hybridized carbons (Fsp3) is 0.176. The lowest BCUT2D eigenvalue weighted by molar-refractivity contribution is 1.31. The number of allylic oxidation sites excluding steroid dienone is 8. The summed E-state index contributed by atoms with van der Waals surface area (Å²) in [5.41, 5.74) is 0. The van der Waals surface area contributed by atoms with Crippen molar-refractivity contribution in [2.75, 3.05) is 0 Å². The molecule has 0 spiro atoms. The highest BCUT2D eigenvalue weighted by atomic mass is 28.3. The van der Waals surface area contributed by atoms with Crippen LogP contribution in [0.25, 0.3) is 0 Å². The minimum Gasteiger partial charge on any atom is -0.0808 e. The van der Waals surface area contributed by atoms with Gasteiger partial charge in [-0.3, -0.25) is 0 Å². The van der Waals surface area contributed by atoms with E-state index >= 15 is 0 Å². The largest absolute Gasteiger partial charge is 0.137 e. The fourth-order valence-corrected chi connectivity index (χ4v) is 6.91. The predicted octanol–water partition coefficient (Wildman–Crippen LogP) is 3.82. The summed E-state index contributed by atoms with van der Waals surface area (Å²) in [4.78, 5) is 0. The zero-order valence-electron chi connectivity index (χ0n) is 10.8. The van der Waals surface area contributed by atoms with Gasteiger partial charge in [0, 0.05) is 0 Å². The number of benzene rings is 1. The zero-order chi connectivity index (χ0) is 12.4. The van der Waals surface area contributed by atoms with Crippen molar-refractivity contribution in [3.8, 4) is 0 Å². The van der Waals surface area contributed by atoms with E-state index < -0.39 is 8.07 Å². The van der Waals surface area contributed by atoms with Crippen LogP contribution in [0.4, 0.5) is 0 Å². The van der Waals surface area contributed by atoms with Crippen LogP contribution in [0, 0.1) is 0 Å². The van der Waals surface area contributed by atoms with Crippen LogP contribution in [0.15, 0.2) is 77.2 Å². The maximum Gasteiger partial charge on any atom is 0.137 e. The molecule has 0 N–H and O–H groups in total. The summed E-state index contributed by atoms with van der Waals surface area (Å²) in [6.07, 6.45) is 16.0. The first kappa shape index (κ1) is 11.5. The predicted molar refractivity (Wildman–Crippen MR) is 81.4 cm³/mol. The van der Waals surface area contributed by atoms with E-state index in [1.165, 1.54) is 5.19 Å². The van der Waals surface area contributed by atoms with E-state index in [2.05, 4.69) is 73.3 Å². The van der Waals surface area contributed by atoms with E-state index in [1.54, 1.807) is 10.4 Å². The average molecular weight is 250 g/mol. The van der Waals surface area contributed by atoms with Crippen molar-refractivity contribution < 1.29 is 0 Å². The van der Waals surface area contributed by atoms with Gasteiger partial charge in [0.15, 0.2) is 0 Å². The standard InChI is InChI=1S/C17H18Si/c1-18(16-11-5-6-12-16,17-13-7-8-14-17)15-9-3-2-4-10-15/h2-11,13H,12,14H2,1H3. The van der Waals surface area contributed by atoms with Crippen LogP contribution in [-0.4, -0.2) is 8.07 Å². The summed E-state index contributed by atoms with van der Waals surface area (Å²) in [6.45, 7) is 2.50. The normalized spacial score (nSPS) is 18.1. The van der Waals surface area contributed by atoms with Gasteiger partial charge in [-0.2, -0.15) is 0 Å². The van der Waals surface area contributed by atoms with Crippen LogP contribution in [0.2, 0.25) is 6.55 Å². The summed E-state index contributed by atoms with van der Waals surface area (Å²) in [6, 6.07) is 11.1. The smallest absolute Gasteiger partial charge is 0.0808 e. The van der Waals surface area contributed by atoms with Gasteiger partial charge in [0.2, 0.25) is 0 Å². The molecule has 3 rings (SSSR count). The third-order valence-corrected chi connectivity index (χ3v) is 8.98. The monoisotopic (exact) mass is 250 g/mol. The number of hydrogen-bond donors (Lipinski definition) is 0. The first-order valence-corrected chi connectivity index (χ1v) is 9.09. The Kier molecular flexibility index (Phi) is 2.92. The maximum absolute atomic E-state index is 2.50. The Morgan fingerprint density at radius 3 is 1.83 bits per heavy atom. The summed E-state index contributed by atoms with van der Waals surface area (Å²) in [7, 11) is -1.66. The van der Waals surface area contributed by atoms with Crippen LogP contribution < -0.4 is 5.19 Å². The molecule has 2 aliphatic rings. The first-order valence-electron chi connectivity index (χ1n) is 6.59. The van der Waals surface area contributed by atoms with Crippen molar-refractivity contribution in [1.29, 1.82) is 0 Å². The Balaban J connectivity index is 2.09. The van der Waals surface area contributed by atoms with Crippen molar-refractivity contribution in [2.24, 2.45) is 0 Å². The van der Waals surface area contributed by atoms with Gasteiger partial charge in [-0.1, -0.05) is 88.9 Å². The summed E-state index contributed by atoms with van der Waals surface area (Å²) >= 11 is 0. The zero-order valence-corrected chi connectivity index (χ0v) is 11.8. The van der Waals surface area contributed by atoms with Gasteiger partial charge in [-0.25, -0.2) is 0 Å². The topological polar surface area (TPSA) is 0 Å². The Hall–Kier alpha value is -1.60. The van der Waals surface area contributed by atoms with Crippen LogP contribution in [0.5, 0.6) is 0 Å². The molecule has 0 saturated carbocycles. The number of hydrogen-bond acceptors (Lipinski definition) is 0. The van der Waals surface area contributed by atoms with E-state index in [1.807, 2.05) is 0 Å². The molecule has 0 saturated heterocycles. The van der Waals surface area contributed by atoms with E-state index in [0.717, 1.165) is 12.8 Å². The molecule has 0 aliphatic heterocycles. The second-order valence-electron chi connectivity index (χ2n) is 5.14. The van der Waals surface area contributed by atoms with Crippen molar-refractivity contribution in [2.45, 2.75) is 19.4 Å². The summed E-state index contributed by atoms with van der Waals surface area (Å²) in [5, 5.41) is 4.82. The number of rotatable bonds is 3. The molecular formula is C17H18Si. The minimum absolute atomic E-state index is 1.13. The van der Waals surface area contributed by atoms with Gasteiger partial charge in [-0.05, 0) is 12.8 Å². The quantitative estimate of drug-likeness (QED) is 0.715. The Morgan fingerprint density at radius 1 is 0.833 bits per heavy atom. The lowest BCUT2D eigenvalue weighted by Gasteiger charge is -2.31. The molecule has 90 valence electrons. The summed E-state index contributed by atoms with van der Waals surface area (Å²) < 4.78 is 0. The highest BCUT2D eigenvalue weighted by Crippen LogP contribution is 2.32. The lowest BCUT2D eigenvalue weighted by Crippen LogP contribution is -2.48. The van der Waals surface area contributed by atoms with Crippen LogP contribution in [-0.2, 0) is 0 Å². The van der Waals surface area contributed by atoms with E-state index in [0.29, 0.717) is 0 Å². The van der Waals surface area contributed by atoms with Gasteiger partial charge in [0.25, 0.3) is 0 Å². The second-order valence-corrected chi connectivity index (χ2v) is 9.25. The summed E-state index contributed by atoms with van der Waals surface area (Å²) in [5.74, 6) is 0. The minimum atomic E-state index is -1.66. The second kappa shape index (κ2) is 4.58.